The van der Waals surface area contributed by atoms with Gasteiger partial charge in [-0.15, -0.1) is 0 Å². The highest BCUT2D eigenvalue weighted by Gasteiger charge is 2.22. The molecule has 5 nitrogen and oxygen atoms in total. The molecule has 6 heteroatoms. The summed E-state index contributed by atoms with van der Waals surface area (Å²) in [4.78, 5) is 15.0. The van der Waals surface area contributed by atoms with Gasteiger partial charge in [0.25, 0.3) is 5.69 Å². The van der Waals surface area contributed by atoms with Crippen LogP contribution in [0.15, 0.2) is 18.2 Å². The molecule has 1 unspecified atom stereocenters. The van der Waals surface area contributed by atoms with Gasteiger partial charge in [-0.1, -0.05) is 17.7 Å². The van der Waals surface area contributed by atoms with Crippen LogP contribution in [0.3, 0.4) is 0 Å². The van der Waals surface area contributed by atoms with Gasteiger partial charge < -0.3 is 9.80 Å². The van der Waals surface area contributed by atoms with E-state index in [0.717, 1.165) is 18.7 Å². The lowest BCUT2D eigenvalue weighted by Gasteiger charge is -2.25. The second-order valence-corrected chi connectivity index (χ2v) is 5.92. The summed E-state index contributed by atoms with van der Waals surface area (Å²) in [7, 11) is 4.20. The highest BCUT2D eigenvalue weighted by Crippen LogP contribution is 2.25. The minimum atomic E-state index is -0.434. The van der Waals surface area contributed by atoms with E-state index in [1.165, 1.54) is 12.8 Å². The topological polar surface area (TPSA) is 49.6 Å². The van der Waals surface area contributed by atoms with Crippen LogP contribution < -0.4 is 0 Å². The van der Waals surface area contributed by atoms with E-state index in [4.69, 9.17) is 11.6 Å². The van der Waals surface area contributed by atoms with Crippen LogP contribution in [0.1, 0.15) is 18.4 Å². The van der Waals surface area contributed by atoms with Gasteiger partial charge in [0.2, 0.25) is 0 Å². The smallest absolute Gasteiger partial charge is 0.288 e. The summed E-state index contributed by atoms with van der Waals surface area (Å²) >= 11 is 5.82. The van der Waals surface area contributed by atoms with E-state index in [9.17, 15) is 10.1 Å². The summed E-state index contributed by atoms with van der Waals surface area (Å²) in [6, 6.07) is 5.61. The number of nitrogens with zero attached hydrogens (tertiary/aromatic N) is 3. The maximum absolute atomic E-state index is 10.9. The van der Waals surface area contributed by atoms with Crippen molar-refractivity contribution in [2.24, 2.45) is 0 Å². The Labute approximate surface area is 124 Å². The Balaban J connectivity index is 1.98. The van der Waals surface area contributed by atoms with Gasteiger partial charge in [-0.3, -0.25) is 10.1 Å². The van der Waals surface area contributed by atoms with Crippen molar-refractivity contribution < 1.29 is 4.92 Å². The van der Waals surface area contributed by atoms with Crippen LogP contribution in [0.5, 0.6) is 0 Å². The first-order valence-corrected chi connectivity index (χ1v) is 7.17. The van der Waals surface area contributed by atoms with Crippen molar-refractivity contribution in [2.45, 2.75) is 25.4 Å². The van der Waals surface area contributed by atoms with Crippen LogP contribution in [-0.2, 0) is 6.54 Å². The Morgan fingerprint density at radius 1 is 1.55 bits per heavy atom. The van der Waals surface area contributed by atoms with Gasteiger partial charge >= 0.3 is 0 Å². The second-order valence-electron chi connectivity index (χ2n) is 5.52. The van der Waals surface area contributed by atoms with Crippen LogP contribution >= 0.6 is 11.6 Å². The van der Waals surface area contributed by atoms with Crippen LogP contribution in [0.25, 0.3) is 0 Å². The van der Waals surface area contributed by atoms with Gasteiger partial charge in [0.15, 0.2) is 0 Å². The van der Waals surface area contributed by atoms with Crippen molar-refractivity contribution in [1.82, 2.24) is 9.80 Å². The zero-order valence-electron chi connectivity index (χ0n) is 11.9. The molecule has 0 amide bonds. The maximum atomic E-state index is 10.9. The Hall–Kier alpha value is -1.17. The number of nitro groups is 1. The van der Waals surface area contributed by atoms with Crippen molar-refractivity contribution in [3.63, 3.8) is 0 Å². The quantitative estimate of drug-likeness (QED) is 0.619. The fraction of sp³-hybridized carbons (Fsp3) is 0.571. The predicted molar refractivity (Wildman–Crippen MR) is 80.1 cm³/mol. The molecule has 0 spiro atoms. The molecule has 1 fully saturated rings. The van der Waals surface area contributed by atoms with Gasteiger partial charge in [0, 0.05) is 25.2 Å². The predicted octanol–water partition coefficient (Wildman–Crippen LogP) is 2.77. The highest BCUT2D eigenvalue weighted by molar-refractivity contribution is 6.32. The third-order valence-corrected chi connectivity index (χ3v) is 4.17. The fourth-order valence-corrected chi connectivity index (χ4v) is 2.93. The Morgan fingerprint density at radius 2 is 2.30 bits per heavy atom. The summed E-state index contributed by atoms with van der Waals surface area (Å²) in [5.41, 5.74) is 0.903. The molecule has 0 aliphatic carbocycles. The molecule has 1 atom stereocenters. The summed E-state index contributed by atoms with van der Waals surface area (Å²) in [5, 5.41) is 11.1. The number of halogens is 1. The van der Waals surface area contributed by atoms with Crippen molar-refractivity contribution in [1.29, 1.82) is 0 Å². The average molecular weight is 298 g/mol. The lowest BCUT2D eigenvalue weighted by molar-refractivity contribution is -0.384. The highest BCUT2D eigenvalue weighted by atomic mass is 35.5. The molecule has 20 heavy (non-hydrogen) atoms. The first-order valence-electron chi connectivity index (χ1n) is 6.79. The number of rotatable bonds is 5. The molecule has 1 aromatic rings. The van der Waals surface area contributed by atoms with Crippen molar-refractivity contribution in [3.05, 3.63) is 38.9 Å². The molecule has 1 aliphatic heterocycles. The van der Waals surface area contributed by atoms with Gasteiger partial charge in [0.1, 0.15) is 5.02 Å². The molecule has 0 saturated carbocycles. The number of hydrogen-bond donors (Lipinski definition) is 0. The minimum Gasteiger partial charge on any atom is -0.302 e. The summed E-state index contributed by atoms with van der Waals surface area (Å²) in [5.74, 6) is 0. The van der Waals surface area contributed by atoms with Crippen LogP contribution in [0.4, 0.5) is 5.69 Å². The van der Waals surface area contributed by atoms with E-state index in [-0.39, 0.29) is 10.7 Å². The van der Waals surface area contributed by atoms with Crippen molar-refractivity contribution >= 4 is 17.3 Å². The molecule has 2 rings (SSSR count). The van der Waals surface area contributed by atoms with E-state index in [0.29, 0.717) is 12.6 Å². The zero-order valence-corrected chi connectivity index (χ0v) is 12.6. The molecule has 0 aromatic heterocycles. The second kappa shape index (κ2) is 6.52. The summed E-state index contributed by atoms with van der Waals surface area (Å²) < 4.78 is 0. The molecule has 0 bridgehead atoms. The number of nitro benzene ring substituents is 1. The summed E-state index contributed by atoms with van der Waals surface area (Å²) in [6.45, 7) is 2.83. The van der Waals surface area contributed by atoms with Crippen molar-refractivity contribution in [3.8, 4) is 0 Å². The van der Waals surface area contributed by atoms with Gasteiger partial charge in [0.05, 0.1) is 4.92 Å². The van der Waals surface area contributed by atoms with Gasteiger partial charge in [-0.05, 0) is 45.1 Å². The SMILES string of the molecule is CN(Cc1ccc(Cl)c([N+](=O)[O-])c1)CC1CCCN1C. The Bertz CT molecular complexity index is 495. The van der Waals surface area contributed by atoms with E-state index < -0.39 is 4.92 Å². The third kappa shape index (κ3) is 3.69. The number of likely N-dealkylation sites (tertiary alicyclic amines) is 1. The molecule has 1 saturated heterocycles. The molecular formula is C14H20ClN3O2. The third-order valence-electron chi connectivity index (χ3n) is 3.85. The first-order chi connectivity index (χ1) is 9.47. The monoisotopic (exact) mass is 297 g/mol. The molecule has 110 valence electrons. The Morgan fingerprint density at radius 3 is 2.90 bits per heavy atom. The molecule has 1 aromatic carbocycles. The molecule has 0 radical (unpaired) electrons. The molecule has 1 aliphatic rings. The zero-order chi connectivity index (χ0) is 14.7. The standard InChI is InChI=1S/C14H20ClN3O2/c1-16(10-12-4-3-7-17(12)2)9-11-5-6-13(15)14(8-11)18(19)20/h5-6,8,12H,3-4,7,9-10H2,1-2H3. The number of benzene rings is 1. The molecule has 1 heterocycles. The van der Waals surface area contributed by atoms with Gasteiger partial charge in [-0.2, -0.15) is 0 Å². The van der Waals surface area contributed by atoms with Crippen LogP contribution in [0.2, 0.25) is 5.02 Å². The molecular weight excluding hydrogens is 278 g/mol. The fourth-order valence-electron chi connectivity index (χ4n) is 2.74. The maximum Gasteiger partial charge on any atom is 0.288 e. The first kappa shape index (κ1) is 15.2. The van der Waals surface area contributed by atoms with Gasteiger partial charge in [-0.25, -0.2) is 0 Å². The number of likely N-dealkylation sites (N-methyl/N-ethyl adjacent to an activating group) is 2. The largest absolute Gasteiger partial charge is 0.302 e. The average Bonchev–Trinajstić information content (AvgIpc) is 2.77. The van der Waals surface area contributed by atoms with E-state index >= 15 is 0 Å². The summed E-state index contributed by atoms with van der Waals surface area (Å²) in [6.07, 6.45) is 2.48. The van der Waals surface area contributed by atoms with Crippen LogP contribution in [0, 0.1) is 10.1 Å². The lowest BCUT2D eigenvalue weighted by atomic mass is 10.1. The van der Waals surface area contributed by atoms with E-state index in [2.05, 4.69) is 16.8 Å². The van der Waals surface area contributed by atoms with E-state index in [1.54, 1.807) is 12.1 Å². The number of hydrogen-bond acceptors (Lipinski definition) is 4. The van der Waals surface area contributed by atoms with E-state index in [1.807, 2.05) is 13.1 Å². The van der Waals surface area contributed by atoms with Crippen molar-refractivity contribution in [2.75, 3.05) is 27.2 Å². The Kier molecular flexibility index (Phi) is 4.96. The minimum absolute atomic E-state index is 0.0180. The normalized spacial score (nSPS) is 19.7. The molecule has 0 N–H and O–H groups in total. The van der Waals surface area contributed by atoms with Crippen LogP contribution in [-0.4, -0.2) is 47.9 Å². The lowest BCUT2D eigenvalue weighted by Crippen LogP contribution is -2.36.